The van der Waals surface area contributed by atoms with Crippen LogP contribution in [0.3, 0.4) is 0 Å². The number of hydrogen-bond acceptors (Lipinski definition) is 3. The standard InChI is InChI=1S/C18H30ClN3/c1-14(2)5-8-18(22-11-9-20-10-12-22)16-7-6-15(21(3)4)13-17(16)19/h6-7,13-14,18,20H,5,8-12H2,1-4H3/t18-/m0/s1. The van der Waals surface area contributed by atoms with Gasteiger partial charge in [0.1, 0.15) is 0 Å². The van der Waals surface area contributed by atoms with Gasteiger partial charge in [-0.1, -0.05) is 31.5 Å². The van der Waals surface area contributed by atoms with Gasteiger partial charge < -0.3 is 10.2 Å². The molecule has 1 aromatic carbocycles. The lowest BCUT2D eigenvalue weighted by Crippen LogP contribution is -2.45. The smallest absolute Gasteiger partial charge is 0.0474 e. The van der Waals surface area contributed by atoms with Crippen LogP contribution in [0, 0.1) is 5.92 Å². The fraction of sp³-hybridized carbons (Fsp3) is 0.667. The van der Waals surface area contributed by atoms with Crippen LogP contribution in [0.5, 0.6) is 0 Å². The van der Waals surface area contributed by atoms with Gasteiger partial charge in [0, 0.05) is 57.0 Å². The van der Waals surface area contributed by atoms with Crippen molar-refractivity contribution in [1.82, 2.24) is 10.2 Å². The third-order valence-electron chi connectivity index (χ3n) is 4.47. The number of rotatable bonds is 6. The summed E-state index contributed by atoms with van der Waals surface area (Å²) >= 11 is 6.63. The Kier molecular flexibility index (Phi) is 6.54. The molecule has 0 amide bonds. The number of nitrogens with one attached hydrogen (secondary N) is 1. The number of anilines is 1. The van der Waals surface area contributed by atoms with Crippen molar-refractivity contribution in [2.24, 2.45) is 5.92 Å². The van der Waals surface area contributed by atoms with Crippen LogP contribution >= 0.6 is 11.6 Å². The molecule has 1 fully saturated rings. The molecule has 0 aliphatic carbocycles. The molecule has 0 bridgehead atoms. The number of hydrogen-bond donors (Lipinski definition) is 1. The molecule has 124 valence electrons. The Morgan fingerprint density at radius 2 is 1.86 bits per heavy atom. The van der Waals surface area contributed by atoms with Crippen molar-refractivity contribution in [2.45, 2.75) is 32.7 Å². The highest BCUT2D eigenvalue weighted by molar-refractivity contribution is 6.31. The Morgan fingerprint density at radius 1 is 1.18 bits per heavy atom. The zero-order valence-corrected chi connectivity index (χ0v) is 15.2. The van der Waals surface area contributed by atoms with E-state index in [-0.39, 0.29) is 0 Å². The monoisotopic (exact) mass is 323 g/mol. The van der Waals surface area contributed by atoms with Crippen molar-refractivity contribution in [2.75, 3.05) is 45.2 Å². The van der Waals surface area contributed by atoms with Gasteiger partial charge in [-0.05, 0) is 36.5 Å². The second-order valence-corrected chi connectivity index (χ2v) is 7.28. The van der Waals surface area contributed by atoms with Crippen molar-refractivity contribution in [3.05, 3.63) is 28.8 Å². The van der Waals surface area contributed by atoms with Crippen LogP contribution in [0.25, 0.3) is 0 Å². The molecule has 0 unspecified atom stereocenters. The second-order valence-electron chi connectivity index (χ2n) is 6.87. The Morgan fingerprint density at radius 3 is 2.41 bits per heavy atom. The Balaban J connectivity index is 2.22. The SMILES string of the molecule is CC(C)CC[C@@H](c1ccc(N(C)C)cc1Cl)N1CCNCC1. The van der Waals surface area contributed by atoms with Crippen molar-refractivity contribution in [1.29, 1.82) is 0 Å². The highest BCUT2D eigenvalue weighted by Gasteiger charge is 2.24. The van der Waals surface area contributed by atoms with Crippen LogP contribution < -0.4 is 10.2 Å². The predicted octanol–water partition coefficient (Wildman–Crippen LogP) is 3.79. The summed E-state index contributed by atoms with van der Waals surface area (Å²) in [6, 6.07) is 6.95. The zero-order valence-electron chi connectivity index (χ0n) is 14.4. The molecular weight excluding hydrogens is 294 g/mol. The zero-order chi connectivity index (χ0) is 16.1. The van der Waals surface area contributed by atoms with Crippen molar-refractivity contribution >= 4 is 17.3 Å². The minimum atomic E-state index is 0.438. The predicted molar refractivity (Wildman–Crippen MR) is 97.0 cm³/mol. The van der Waals surface area contributed by atoms with E-state index in [0.717, 1.165) is 42.8 Å². The summed E-state index contributed by atoms with van der Waals surface area (Å²) in [5, 5.41) is 4.34. The molecule has 1 aliphatic rings. The number of halogens is 1. The molecule has 1 aromatic rings. The summed E-state index contributed by atoms with van der Waals surface area (Å²) in [6.45, 7) is 8.96. The summed E-state index contributed by atoms with van der Waals surface area (Å²) in [7, 11) is 4.11. The molecule has 0 saturated carbocycles. The number of benzene rings is 1. The first-order valence-corrected chi connectivity index (χ1v) is 8.78. The van der Waals surface area contributed by atoms with Crippen LogP contribution in [0.2, 0.25) is 5.02 Å². The van der Waals surface area contributed by atoms with Crippen molar-refractivity contribution in [3.63, 3.8) is 0 Å². The first-order chi connectivity index (χ1) is 10.5. The second kappa shape index (κ2) is 8.19. The molecule has 1 N–H and O–H groups in total. The highest BCUT2D eigenvalue weighted by atomic mass is 35.5. The fourth-order valence-corrected chi connectivity index (χ4v) is 3.38. The number of nitrogens with zero attached hydrogens (tertiary/aromatic N) is 2. The van der Waals surface area contributed by atoms with Gasteiger partial charge in [0.05, 0.1) is 0 Å². The molecule has 1 aliphatic heterocycles. The van der Waals surface area contributed by atoms with Crippen LogP contribution in [-0.4, -0.2) is 45.2 Å². The lowest BCUT2D eigenvalue weighted by atomic mass is 9.95. The van der Waals surface area contributed by atoms with Crippen molar-refractivity contribution < 1.29 is 0 Å². The lowest BCUT2D eigenvalue weighted by molar-refractivity contribution is 0.160. The molecule has 3 nitrogen and oxygen atoms in total. The molecule has 0 spiro atoms. The largest absolute Gasteiger partial charge is 0.378 e. The Bertz CT molecular complexity index is 467. The van der Waals surface area contributed by atoms with Crippen LogP contribution in [0.1, 0.15) is 38.3 Å². The first-order valence-electron chi connectivity index (χ1n) is 8.40. The molecule has 1 heterocycles. The molecule has 4 heteroatoms. The third kappa shape index (κ3) is 4.61. The van der Waals surface area contributed by atoms with E-state index in [1.807, 2.05) is 0 Å². The molecule has 22 heavy (non-hydrogen) atoms. The van der Waals surface area contributed by atoms with Crippen LogP contribution in [0.15, 0.2) is 18.2 Å². The van der Waals surface area contributed by atoms with Gasteiger partial charge in [-0.2, -0.15) is 0 Å². The summed E-state index contributed by atoms with van der Waals surface area (Å²) in [5.41, 5.74) is 2.45. The van der Waals surface area contributed by atoms with Crippen LogP contribution in [-0.2, 0) is 0 Å². The van der Waals surface area contributed by atoms with Gasteiger partial charge in [-0.15, -0.1) is 0 Å². The summed E-state index contributed by atoms with van der Waals surface area (Å²) in [6.07, 6.45) is 2.42. The van der Waals surface area contributed by atoms with Gasteiger partial charge in [0.15, 0.2) is 0 Å². The van der Waals surface area contributed by atoms with Gasteiger partial charge in [-0.25, -0.2) is 0 Å². The summed E-state index contributed by atoms with van der Waals surface area (Å²) in [4.78, 5) is 4.69. The minimum absolute atomic E-state index is 0.438. The van der Waals surface area contributed by atoms with Gasteiger partial charge >= 0.3 is 0 Å². The Labute approximate surface area is 140 Å². The molecule has 2 rings (SSSR count). The topological polar surface area (TPSA) is 18.5 Å². The summed E-state index contributed by atoms with van der Waals surface area (Å²) < 4.78 is 0. The first kappa shape index (κ1) is 17.6. The maximum absolute atomic E-state index is 6.63. The van der Waals surface area contributed by atoms with E-state index < -0.39 is 0 Å². The lowest BCUT2D eigenvalue weighted by Gasteiger charge is -2.36. The Hall–Kier alpha value is -0.770. The fourth-order valence-electron chi connectivity index (χ4n) is 3.08. The van der Waals surface area contributed by atoms with E-state index in [4.69, 9.17) is 11.6 Å². The quantitative estimate of drug-likeness (QED) is 0.859. The van der Waals surface area contributed by atoms with Gasteiger partial charge in [0.2, 0.25) is 0 Å². The average molecular weight is 324 g/mol. The third-order valence-corrected chi connectivity index (χ3v) is 4.80. The summed E-state index contributed by atoms with van der Waals surface area (Å²) in [5.74, 6) is 0.727. The van der Waals surface area contributed by atoms with Crippen LogP contribution in [0.4, 0.5) is 5.69 Å². The van der Waals surface area contributed by atoms with Crippen molar-refractivity contribution in [3.8, 4) is 0 Å². The van der Waals surface area contributed by atoms with E-state index in [9.17, 15) is 0 Å². The van der Waals surface area contributed by atoms with E-state index in [0.29, 0.717) is 6.04 Å². The molecular formula is C18H30ClN3. The normalized spacial score (nSPS) is 17.7. The molecule has 0 radical (unpaired) electrons. The molecule has 1 saturated heterocycles. The molecule has 1 atom stereocenters. The van der Waals surface area contributed by atoms with E-state index >= 15 is 0 Å². The van der Waals surface area contributed by atoms with E-state index in [1.54, 1.807) is 0 Å². The maximum atomic E-state index is 6.63. The average Bonchev–Trinajstić information content (AvgIpc) is 2.49. The van der Waals surface area contributed by atoms with E-state index in [2.05, 4.69) is 61.3 Å². The maximum Gasteiger partial charge on any atom is 0.0474 e. The molecule has 0 aromatic heterocycles. The van der Waals surface area contributed by atoms with E-state index in [1.165, 1.54) is 18.4 Å². The van der Waals surface area contributed by atoms with Gasteiger partial charge in [-0.3, -0.25) is 4.90 Å². The number of piperazine rings is 1. The minimum Gasteiger partial charge on any atom is -0.378 e. The van der Waals surface area contributed by atoms with Gasteiger partial charge in [0.25, 0.3) is 0 Å². The highest BCUT2D eigenvalue weighted by Crippen LogP contribution is 2.34.